The lowest BCUT2D eigenvalue weighted by Crippen LogP contribution is -1.99. The molecular formula is C20H17N3O3S. The van der Waals surface area contributed by atoms with Gasteiger partial charge in [0.1, 0.15) is 18.7 Å². The number of hydrogen-bond acceptors (Lipinski definition) is 5. The summed E-state index contributed by atoms with van der Waals surface area (Å²) in [4.78, 5) is 11.4. The molecule has 1 aromatic heterocycles. The number of aromatic nitrogens is 3. The summed E-state index contributed by atoms with van der Waals surface area (Å²) in [6.45, 7) is 0.448. The second-order valence-electron chi connectivity index (χ2n) is 6.12. The monoisotopic (exact) mass is 379 g/mol. The summed E-state index contributed by atoms with van der Waals surface area (Å²) in [6.07, 6.45) is 3.76. The molecule has 136 valence electrons. The summed E-state index contributed by atoms with van der Waals surface area (Å²) in [5.41, 5.74) is 4.12. The minimum atomic E-state index is -0.955. The maximum atomic E-state index is 11.4. The van der Waals surface area contributed by atoms with Crippen molar-refractivity contribution >= 4 is 23.3 Å². The highest BCUT2D eigenvalue weighted by Crippen LogP contribution is 2.37. The molecule has 0 saturated carbocycles. The van der Waals surface area contributed by atoms with Crippen molar-refractivity contribution < 1.29 is 14.6 Å². The lowest BCUT2D eigenvalue weighted by Gasteiger charge is -2.11. The van der Waals surface area contributed by atoms with Crippen LogP contribution < -0.4 is 4.74 Å². The Morgan fingerprint density at radius 1 is 1.30 bits per heavy atom. The van der Waals surface area contributed by atoms with Gasteiger partial charge < -0.3 is 14.4 Å². The molecule has 0 saturated heterocycles. The number of aromatic carboxylic acids is 1. The maximum Gasteiger partial charge on any atom is 0.335 e. The van der Waals surface area contributed by atoms with Gasteiger partial charge in [0.05, 0.1) is 5.56 Å². The third-order valence-electron chi connectivity index (χ3n) is 4.38. The van der Waals surface area contributed by atoms with Crippen LogP contribution in [0.4, 0.5) is 0 Å². The van der Waals surface area contributed by atoms with E-state index in [1.54, 1.807) is 36.3 Å². The number of benzene rings is 2. The SMILES string of the molecule is Cn1cnnc1SCC=C1c2ccccc2COc2ccc(C(=O)O)cc21. The van der Waals surface area contributed by atoms with Crippen LogP contribution in [-0.4, -0.2) is 31.6 Å². The van der Waals surface area contributed by atoms with Crippen LogP contribution in [0.1, 0.15) is 27.0 Å². The number of thioether (sulfide) groups is 1. The fraction of sp³-hybridized carbons (Fsp3) is 0.150. The third-order valence-corrected chi connectivity index (χ3v) is 5.34. The molecule has 0 spiro atoms. The van der Waals surface area contributed by atoms with Crippen molar-refractivity contribution in [3.63, 3.8) is 0 Å². The van der Waals surface area contributed by atoms with Crippen LogP contribution in [0, 0.1) is 0 Å². The molecule has 0 amide bonds. The standard InChI is InChI=1S/C20H17N3O3S/c1-23-12-21-22-20(23)27-9-8-16-15-5-3-2-4-14(15)11-26-18-7-6-13(19(24)25)10-17(16)18/h2-8,10,12H,9,11H2,1H3,(H,24,25). The van der Waals surface area contributed by atoms with Crippen molar-refractivity contribution in [2.24, 2.45) is 7.05 Å². The molecule has 4 rings (SSSR count). The molecule has 6 nitrogen and oxygen atoms in total. The van der Waals surface area contributed by atoms with Gasteiger partial charge in [-0.05, 0) is 34.9 Å². The predicted octanol–water partition coefficient (Wildman–Crippen LogP) is 3.63. The van der Waals surface area contributed by atoms with E-state index in [1.807, 2.05) is 35.9 Å². The van der Waals surface area contributed by atoms with Gasteiger partial charge in [0.15, 0.2) is 5.16 Å². The molecular weight excluding hydrogens is 362 g/mol. The van der Waals surface area contributed by atoms with E-state index in [0.29, 0.717) is 18.1 Å². The highest BCUT2D eigenvalue weighted by molar-refractivity contribution is 7.99. The van der Waals surface area contributed by atoms with Crippen LogP contribution in [0.25, 0.3) is 5.57 Å². The zero-order valence-electron chi connectivity index (χ0n) is 14.6. The van der Waals surface area contributed by atoms with Crippen LogP contribution >= 0.6 is 11.8 Å². The molecule has 0 fully saturated rings. The van der Waals surface area contributed by atoms with Gasteiger partial charge in [-0.3, -0.25) is 0 Å². The summed E-state index contributed by atoms with van der Waals surface area (Å²) < 4.78 is 7.81. The molecule has 1 aliphatic rings. The summed E-state index contributed by atoms with van der Waals surface area (Å²) in [6, 6.07) is 13.0. The first-order valence-corrected chi connectivity index (χ1v) is 9.38. The topological polar surface area (TPSA) is 77.2 Å². The largest absolute Gasteiger partial charge is 0.488 e. The number of aryl methyl sites for hydroxylation is 1. The second kappa shape index (κ2) is 7.28. The Labute approximate surface area is 160 Å². The Morgan fingerprint density at radius 2 is 2.15 bits per heavy atom. The van der Waals surface area contributed by atoms with E-state index in [2.05, 4.69) is 16.3 Å². The average molecular weight is 379 g/mol. The van der Waals surface area contributed by atoms with E-state index in [4.69, 9.17) is 4.74 Å². The van der Waals surface area contributed by atoms with Gasteiger partial charge in [-0.15, -0.1) is 10.2 Å². The molecule has 0 atom stereocenters. The Kier molecular flexibility index (Phi) is 4.68. The zero-order valence-corrected chi connectivity index (χ0v) is 15.4. The van der Waals surface area contributed by atoms with Crippen molar-refractivity contribution in [3.05, 3.63) is 77.1 Å². The van der Waals surface area contributed by atoms with Crippen molar-refractivity contribution in [2.45, 2.75) is 11.8 Å². The van der Waals surface area contributed by atoms with Crippen LogP contribution in [0.3, 0.4) is 0 Å². The molecule has 0 radical (unpaired) electrons. The summed E-state index contributed by atoms with van der Waals surface area (Å²) in [5, 5.41) is 18.2. The van der Waals surface area contributed by atoms with Crippen molar-refractivity contribution in [2.75, 3.05) is 5.75 Å². The van der Waals surface area contributed by atoms with Crippen molar-refractivity contribution in [1.82, 2.24) is 14.8 Å². The second-order valence-corrected chi connectivity index (χ2v) is 7.10. The molecule has 3 aromatic rings. The van der Waals surface area contributed by atoms with Crippen LogP contribution in [0.15, 0.2) is 60.0 Å². The number of carboxylic acids is 1. The summed E-state index contributed by atoms with van der Waals surface area (Å²) in [5.74, 6) is 0.404. The lowest BCUT2D eigenvalue weighted by molar-refractivity contribution is 0.0697. The maximum absolute atomic E-state index is 11.4. The van der Waals surface area contributed by atoms with Gasteiger partial charge in [0, 0.05) is 18.4 Å². The number of carboxylic acid groups (broad SMARTS) is 1. The van der Waals surface area contributed by atoms with E-state index in [9.17, 15) is 9.90 Å². The molecule has 27 heavy (non-hydrogen) atoms. The van der Waals surface area contributed by atoms with Gasteiger partial charge in [-0.1, -0.05) is 42.1 Å². The smallest absolute Gasteiger partial charge is 0.335 e. The minimum absolute atomic E-state index is 0.239. The molecule has 0 unspecified atom stereocenters. The number of carbonyl (C=O) groups is 1. The molecule has 1 N–H and O–H groups in total. The van der Waals surface area contributed by atoms with Crippen molar-refractivity contribution in [3.8, 4) is 5.75 Å². The molecule has 2 heterocycles. The molecule has 1 aliphatic heterocycles. The first kappa shape index (κ1) is 17.4. The number of ether oxygens (including phenoxy) is 1. The predicted molar refractivity (Wildman–Crippen MR) is 103 cm³/mol. The van der Waals surface area contributed by atoms with Crippen LogP contribution in [-0.2, 0) is 13.7 Å². The third kappa shape index (κ3) is 3.46. The number of fused-ring (bicyclic) bond motifs is 2. The van der Waals surface area contributed by atoms with Gasteiger partial charge >= 0.3 is 5.97 Å². The Morgan fingerprint density at radius 3 is 2.93 bits per heavy atom. The van der Waals surface area contributed by atoms with E-state index < -0.39 is 5.97 Å². The molecule has 0 aliphatic carbocycles. The molecule has 7 heteroatoms. The van der Waals surface area contributed by atoms with Gasteiger partial charge in [0.25, 0.3) is 0 Å². The fourth-order valence-corrected chi connectivity index (χ4v) is 3.79. The van der Waals surface area contributed by atoms with Crippen molar-refractivity contribution in [1.29, 1.82) is 0 Å². The van der Waals surface area contributed by atoms with E-state index in [-0.39, 0.29) is 5.56 Å². The van der Waals surface area contributed by atoms with Gasteiger partial charge in [0.2, 0.25) is 0 Å². The first-order chi connectivity index (χ1) is 13.1. The Balaban J connectivity index is 1.78. The number of rotatable bonds is 4. The summed E-state index contributed by atoms with van der Waals surface area (Å²) >= 11 is 1.57. The quantitative estimate of drug-likeness (QED) is 0.698. The Hall–Kier alpha value is -3.06. The van der Waals surface area contributed by atoms with Crippen LogP contribution in [0.2, 0.25) is 0 Å². The Bertz CT molecular complexity index is 1040. The van der Waals surface area contributed by atoms with Gasteiger partial charge in [-0.25, -0.2) is 4.79 Å². The normalized spacial score (nSPS) is 14.2. The highest BCUT2D eigenvalue weighted by atomic mass is 32.2. The fourth-order valence-electron chi connectivity index (χ4n) is 3.03. The van der Waals surface area contributed by atoms with E-state index in [1.165, 1.54) is 0 Å². The molecule has 2 aromatic carbocycles. The number of hydrogen-bond donors (Lipinski definition) is 1. The molecule has 0 bridgehead atoms. The lowest BCUT2D eigenvalue weighted by atomic mass is 9.93. The number of nitrogens with zero attached hydrogens (tertiary/aromatic N) is 3. The van der Waals surface area contributed by atoms with E-state index >= 15 is 0 Å². The summed E-state index contributed by atoms with van der Waals surface area (Å²) in [7, 11) is 1.90. The first-order valence-electron chi connectivity index (χ1n) is 8.39. The zero-order chi connectivity index (χ0) is 18.8. The van der Waals surface area contributed by atoms with Crippen LogP contribution in [0.5, 0.6) is 5.75 Å². The van der Waals surface area contributed by atoms with E-state index in [0.717, 1.165) is 27.4 Å². The average Bonchev–Trinajstić information content (AvgIpc) is 3.01. The van der Waals surface area contributed by atoms with Gasteiger partial charge in [-0.2, -0.15) is 0 Å². The highest BCUT2D eigenvalue weighted by Gasteiger charge is 2.20. The minimum Gasteiger partial charge on any atom is -0.488 e.